The van der Waals surface area contributed by atoms with Crippen LogP contribution < -0.4 is 5.32 Å². The standard InChI is InChI=1S/C12H14BrClN2O/c1-8-7-15-4-5-16(8)12(17)9-2-3-11(14)10(13)6-9/h2-3,6,8,15H,4-5,7H2,1H3/t8-/m1/s1. The van der Waals surface area contributed by atoms with Gasteiger partial charge in [-0.2, -0.15) is 0 Å². The maximum absolute atomic E-state index is 12.3. The third-order valence-electron chi connectivity index (χ3n) is 2.93. The van der Waals surface area contributed by atoms with Gasteiger partial charge in [-0.3, -0.25) is 4.79 Å². The smallest absolute Gasteiger partial charge is 0.254 e. The second-order valence-electron chi connectivity index (χ2n) is 4.18. The molecule has 1 heterocycles. The van der Waals surface area contributed by atoms with Gasteiger partial charge in [0.1, 0.15) is 0 Å². The summed E-state index contributed by atoms with van der Waals surface area (Å²) in [7, 11) is 0. The van der Waals surface area contributed by atoms with Gasteiger partial charge in [-0.05, 0) is 41.1 Å². The quantitative estimate of drug-likeness (QED) is 0.863. The Bertz CT molecular complexity index is 439. The molecule has 1 aliphatic rings. The van der Waals surface area contributed by atoms with Crippen LogP contribution in [0.4, 0.5) is 0 Å². The van der Waals surface area contributed by atoms with E-state index in [2.05, 4.69) is 28.2 Å². The van der Waals surface area contributed by atoms with Gasteiger partial charge in [-0.1, -0.05) is 11.6 Å². The highest BCUT2D eigenvalue weighted by molar-refractivity contribution is 9.10. The first kappa shape index (κ1) is 12.9. The molecule has 1 aromatic carbocycles. The summed E-state index contributed by atoms with van der Waals surface area (Å²) in [4.78, 5) is 14.2. The van der Waals surface area contributed by atoms with Crippen molar-refractivity contribution in [3.63, 3.8) is 0 Å². The number of carbonyl (C=O) groups excluding carboxylic acids is 1. The number of benzene rings is 1. The van der Waals surface area contributed by atoms with Gasteiger partial charge < -0.3 is 10.2 Å². The molecule has 1 atom stereocenters. The van der Waals surface area contributed by atoms with Crippen molar-refractivity contribution in [2.45, 2.75) is 13.0 Å². The summed E-state index contributed by atoms with van der Waals surface area (Å²) in [5.74, 6) is 0.0661. The molecular weight excluding hydrogens is 304 g/mol. The third-order valence-corrected chi connectivity index (χ3v) is 4.14. The fourth-order valence-electron chi connectivity index (χ4n) is 1.94. The van der Waals surface area contributed by atoms with Crippen molar-refractivity contribution in [2.75, 3.05) is 19.6 Å². The largest absolute Gasteiger partial charge is 0.333 e. The molecule has 1 saturated heterocycles. The van der Waals surface area contributed by atoms with Crippen LogP contribution in [0, 0.1) is 0 Å². The summed E-state index contributed by atoms with van der Waals surface area (Å²) < 4.78 is 0.757. The zero-order valence-electron chi connectivity index (χ0n) is 9.54. The minimum absolute atomic E-state index is 0.0661. The predicted octanol–water partition coefficient (Wildman–Crippen LogP) is 2.54. The van der Waals surface area contributed by atoms with E-state index in [0.29, 0.717) is 10.6 Å². The van der Waals surface area contributed by atoms with Gasteiger partial charge in [0.15, 0.2) is 0 Å². The molecule has 1 N–H and O–H groups in total. The van der Waals surface area contributed by atoms with Crippen LogP contribution in [0.3, 0.4) is 0 Å². The Balaban J connectivity index is 2.21. The van der Waals surface area contributed by atoms with Crippen LogP contribution in [0.25, 0.3) is 0 Å². The molecule has 2 rings (SSSR count). The second kappa shape index (κ2) is 5.38. The first-order valence-corrected chi connectivity index (χ1v) is 6.73. The van der Waals surface area contributed by atoms with Crippen molar-refractivity contribution >= 4 is 33.4 Å². The number of carbonyl (C=O) groups is 1. The van der Waals surface area contributed by atoms with Crippen LogP contribution >= 0.6 is 27.5 Å². The van der Waals surface area contributed by atoms with Gasteiger partial charge >= 0.3 is 0 Å². The van der Waals surface area contributed by atoms with Gasteiger partial charge in [0.2, 0.25) is 0 Å². The zero-order valence-corrected chi connectivity index (χ0v) is 11.9. The van der Waals surface area contributed by atoms with E-state index in [9.17, 15) is 4.79 Å². The number of hydrogen-bond acceptors (Lipinski definition) is 2. The van der Waals surface area contributed by atoms with E-state index in [1.54, 1.807) is 18.2 Å². The molecule has 0 aliphatic carbocycles. The minimum Gasteiger partial charge on any atom is -0.333 e. The van der Waals surface area contributed by atoms with Gasteiger partial charge in [-0.15, -0.1) is 0 Å². The van der Waals surface area contributed by atoms with E-state index in [-0.39, 0.29) is 11.9 Å². The Kier molecular flexibility index (Phi) is 4.07. The lowest BCUT2D eigenvalue weighted by atomic mass is 10.1. The Morgan fingerprint density at radius 1 is 1.59 bits per heavy atom. The Morgan fingerprint density at radius 3 is 3.00 bits per heavy atom. The van der Waals surface area contributed by atoms with Gasteiger partial charge in [0.05, 0.1) is 5.02 Å². The summed E-state index contributed by atoms with van der Waals surface area (Å²) in [6.45, 7) is 4.50. The average molecular weight is 318 g/mol. The molecule has 0 saturated carbocycles. The maximum atomic E-state index is 12.3. The molecule has 5 heteroatoms. The van der Waals surface area contributed by atoms with Gasteiger partial charge in [0.25, 0.3) is 5.91 Å². The van der Waals surface area contributed by atoms with Crippen LogP contribution in [-0.4, -0.2) is 36.5 Å². The number of amides is 1. The molecule has 1 fully saturated rings. The van der Waals surface area contributed by atoms with Gasteiger partial charge in [-0.25, -0.2) is 0 Å². The number of piperazine rings is 1. The number of rotatable bonds is 1. The molecule has 92 valence electrons. The Labute approximate surface area is 114 Å². The highest BCUT2D eigenvalue weighted by atomic mass is 79.9. The van der Waals surface area contributed by atoms with E-state index < -0.39 is 0 Å². The van der Waals surface area contributed by atoms with E-state index in [1.807, 2.05) is 4.90 Å². The van der Waals surface area contributed by atoms with Crippen LogP contribution in [0.1, 0.15) is 17.3 Å². The highest BCUT2D eigenvalue weighted by Gasteiger charge is 2.24. The molecular formula is C12H14BrClN2O. The lowest BCUT2D eigenvalue weighted by molar-refractivity contribution is 0.0655. The van der Waals surface area contributed by atoms with Crippen LogP contribution in [0.2, 0.25) is 5.02 Å². The topological polar surface area (TPSA) is 32.3 Å². The van der Waals surface area contributed by atoms with Crippen molar-refractivity contribution in [2.24, 2.45) is 0 Å². The summed E-state index contributed by atoms with van der Waals surface area (Å²) in [5.41, 5.74) is 0.676. The maximum Gasteiger partial charge on any atom is 0.254 e. The molecule has 0 radical (unpaired) electrons. The Hall–Kier alpha value is -0.580. The first-order valence-electron chi connectivity index (χ1n) is 5.56. The van der Waals surface area contributed by atoms with Crippen LogP contribution in [0.15, 0.2) is 22.7 Å². The molecule has 1 aromatic rings. The summed E-state index contributed by atoms with van der Waals surface area (Å²) >= 11 is 9.26. The number of halogens is 2. The van der Waals surface area contributed by atoms with Crippen molar-refractivity contribution in [3.8, 4) is 0 Å². The molecule has 0 spiro atoms. The van der Waals surface area contributed by atoms with E-state index in [0.717, 1.165) is 24.1 Å². The molecule has 3 nitrogen and oxygen atoms in total. The van der Waals surface area contributed by atoms with E-state index >= 15 is 0 Å². The summed E-state index contributed by atoms with van der Waals surface area (Å²) in [6.07, 6.45) is 0. The Morgan fingerprint density at radius 2 is 2.35 bits per heavy atom. The molecule has 1 amide bonds. The molecule has 17 heavy (non-hydrogen) atoms. The lowest BCUT2D eigenvalue weighted by Crippen LogP contribution is -2.52. The minimum atomic E-state index is 0.0661. The summed E-state index contributed by atoms with van der Waals surface area (Å²) in [5, 5.41) is 3.89. The van der Waals surface area contributed by atoms with Crippen molar-refractivity contribution in [1.29, 1.82) is 0 Å². The fourth-order valence-corrected chi connectivity index (χ4v) is 2.43. The normalized spacial score (nSPS) is 20.4. The zero-order chi connectivity index (χ0) is 12.4. The van der Waals surface area contributed by atoms with E-state index in [1.165, 1.54) is 0 Å². The van der Waals surface area contributed by atoms with E-state index in [4.69, 9.17) is 11.6 Å². The molecule has 1 aliphatic heterocycles. The van der Waals surface area contributed by atoms with Crippen LogP contribution in [0.5, 0.6) is 0 Å². The van der Waals surface area contributed by atoms with Gasteiger partial charge in [0, 0.05) is 35.7 Å². The number of nitrogens with zero attached hydrogens (tertiary/aromatic N) is 1. The average Bonchev–Trinajstić information content (AvgIpc) is 2.32. The summed E-state index contributed by atoms with van der Waals surface area (Å²) in [6, 6.07) is 5.51. The van der Waals surface area contributed by atoms with Crippen molar-refractivity contribution < 1.29 is 4.79 Å². The molecule has 0 unspecified atom stereocenters. The number of nitrogens with one attached hydrogen (secondary N) is 1. The second-order valence-corrected chi connectivity index (χ2v) is 5.44. The molecule has 0 aromatic heterocycles. The SMILES string of the molecule is C[C@@H]1CNCCN1C(=O)c1ccc(Cl)c(Br)c1. The predicted molar refractivity (Wildman–Crippen MR) is 72.5 cm³/mol. The monoisotopic (exact) mass is 316 g/mol. The van der Waals surface area contributed by atoms with Crippen molar-refractivity contribution in [3.05, 3.63) is 33.3 Å². The van der Waals surface area contributed by atoms with Crippen molar-refractivity contribution in [1.82, 2.24) is 10.2 Å². The molecule has 0 bridgehead atoms. The lowest BCUT2D eigenvalue weighted by Gasteiger charge is -2.34. The van der Waals surface area contributed by atoms with Crippen LogP contribution in [-0.2, 0) is 0 Å². The first-order chi connectivity index (χ1) is 8.09. The highest BCUT2D eigenvalue weighted by Crippen LogP contribution is 2.24. The fraction of sp³-hybridized carbons (Fsp3) is 0.417. The third kappa shape index (κ3) is 2.81. The number of hydrogen-bond donors (Lipinski definition) is 1.